The van der Waals surface area contributed by atoms with Crippen LogP contribution in [0.25, 0.3) is 0 Å². The maximum atomic E-state index is 4.41. The van der Waals surface area contributed by atoms with E-state index in [0.29, 0.717) is 0 Å². The summed E-state index contributed by atoms with van der Waals surface area (Å²) in [6.07, 6.45) is 0.920. The lowest BCUT2D eigenvalue weighted by Crippen LogP contribution is -2.13. The van der Waals surface area contributed by atoms with Gasteiger partial charge in [0.25, 0.3) is 0 Å². The highest BCUT2D eigenvalue weighted by molar-refractivity contribution is 7.09. The molecule has 0 amide bonds. The molecule has 106 valence electrons. The fourth-order valence-electron chi connectivity index (χ4n) is 2.29. The van der Waals surface area contributed by atoms with E-state index >= 15 is 0 Å². The lowest BCUT2D eigenvalue weighted by atomic mass is 9.99. The van der Waals surface area contributed by atoms with Crippen molar-refractivity contribution in [2.75, 3.05) is 5.32 Å². The van der Waals surface area contributed by atoms with Gasteiger partial charge in [-0.05, 0) is 24.5 Å². The molecule has 0 radical (unpaired) electrons. The molecule has 4 heteroatoms. The summed E-state index contributed by atoms with van der Waals surface area (Å²) in [5.41, 5.74) is 2.56. The molecule has 2 aromatic carbocycles. The Morgan fingerprint density at radius 3 is 2.29 bits per heavy atom. The Hall–Kier alpha value is -2.20. The first-order valence-corrected chi connectivity index (χ1v) is 7.74. The van der Waals surface area contributed by atoms with Crippen molar-refractivity contribution in [1.82, 2.24) is 9.36 Å². The number of hydrogen-bond donors (Lipinski definition) is 1. The Labute approximate surface area is 128 Å². The van der Waals surface area contributed by atoms with Crippen LogP contribution in [0, 0.1) is 6.92 Å². The van der Waals surface area contributed by atoms with Crippen LogP contribution >= 0.6 is 11.5 Å². The van der Waals surface area contributed by atoms with E-state index in [1.54, 1.807) is 0 Å². The molecule has 0 saturated carbocycles. The van der Waals surface area contributed by atoms with E-state index in [0.717, 1.165) is 17.4 Å². The number of hydrogen-bond acceptors (Lipinski definition) is 4. The molecule has 1 aromatic heterocycles. The number of aromatic nitrogens is 2. The molecule has 0 aliphatic heterocycles. The van der Waals surface area contributed by atoms with Crippen molar-refractivity contribution in [1.29, 1.82) is 0 Å². The molecule has 1 unspecified atom stereocenters. The fraction of sp³-hybridized carbons (Fsp3) is 0.176. The summed E-state index contributed by atoms with van der Waals surface area (Å²) in [4.78, 5) is 4.41. The zero-order valence-electron chi connectivity index (χ0n) is 11.9. The van der Waals surface area contributed by atoms with Gasteiger partial charge in [-0.2, -0.15) is 4.37 Å². The Morgan fingerprint density at radius 1 is 1.00 bits per heavy atom. The molecule has 1 heterocycles. The highest BCUT2D eigenvalue weighted by Gasteiger charge is 2.14. The zero-order valence-corrected chi connectivity index (χ0v) is 12.7. The second-order valence-electron chi connectivity index (χ2n) is 4.94. The highest BCUT2D eigenvalue weighted by Crippen LogP contribution is 2.24. The van der Waals surface area contributed by atoms with E-state index in [9.17, 15) is 0 Å². The molecule has 1 atom stereocenters. The van der Waals surface area contributed by atoms with E-state index < -0.39 is 0 Å². The van der Waals surface area contributed by atoms with Crippen molar-refractivity contribution in [3.05, 3.63) is 77.6 Å². The van der Waals surface area contributed by atoms with Crippen molar-refractivity contribution in [2.24, 2.45) is 0 Å². The van der Waals surface area contributed by atoms with Gasteiger partial charge in [0.1, 0.15) is 5.82 Å². The molecule has 3 rings (SSSR count). The summed E-state index contributed by atoms with van der Waals surface area (Å²) in [6, 6.07) is 21.2. The van der Waals surface area contributed by atoms with Crippen LogP contribution in [0.15, 0.2) is 60.7 Å². The minimum absolute atomic E-state index is 0.195. The first kappa shape index (κ1) is 13.8. The molecule has 0 bridgehead atoms. The molecule has 1 N–H and O–H groups in total. The van der Waals surface area contributed by atoms with Crippen molar-refractivity contribution in [3.8, 4) is 0 Å². The van der Waals surface area contributed by atoms with Gasteiger partial charge < -0.3 is 5.32 Å². The van der Waals surface area contributed by atoms with Gasteiger partial charge in [0.2, 0.25) is 5.13 Å². The second kappa shape index (κ2) is 6.50. The topological polar surface area (TPSA) is 37.8 Å². The largest absolute Gasteiger partial charge is 0.353 e. The molecule has 0 saturated heterocycles. The normalized spacial score (nSPS) is 12.0. The van der Waals surface area contributed by atoms with Gasteiger partial charge in [0.15, 0.2) is 0 Å². The van der Waals surface area contributed by atoms with Crippen LogP contribution in [-0.4, -0.2) is 9.36 Å². The lowest BCUT2D eigenvalue weighted by Gasteiger charge is -2.18. The smallest absolute Gasteiger partial charge is 0.203 e. The summed E-state index contributed by atoms with van der Waals surface area (Å²) in [6.45, 7) is 1.91. The first-order chi connectivity index (χ1) is 10.3. The Kier molecular flexibility index (Phi) is 4.26. The molecule has 3 aromatic rings. The average Bonchev–Trinajstić information content (AvgIpc) is 2.94. The minimum Gasteiger partial charge on any atom is -0.353 e. The molecular formula is C17H17N3S. The molecular weight excluding hydrogens is 278 g/mol. The maximum Gasteiger partial charge on any atom is 0.203 e. The predicted octanol–water partition coefficient (Wildman–Crippen LogP) is 4.24. The van der Waals surface area contributed by atoms with Crippen molar-refractivity contribution >= 4 is 16.7 Å². The third kappa shape index (κ3) is 3.67. The fourth-order valence-corrected chi connectivity index (χ4v) is 2.92. The van der Waals surface area contributed by atoms with E-state index in [-0.39, 0.29) is 6.04 Å². The zero-order chi connectivity index (χ0) is 14.5. The van der Waals surface area contributed by atoms with Crippen LogP contribution < -0.4 is 5.32 Å². The van der Waals surface area contributed by atoms with Gasteiger partial charge in [-0.15, -0.1) is 0 Å². The summed E-state index contributed by atoms with van der Waals surface area (Å²) < 4.78 is 4.24. The Morgan fingerprint density at radius 2 is 1.67 bits per heavy atom. The average molecular weight is 295 g/mol. The van der Waals surface area contributed by atoms with Crippen LogP contribution in [0.5, 0.6) is 0 Å². The van der Waals surface area contributed by atoms with E-state index in [1.807, 2.05) is 19.1 Å². The number of anilines is 1. The van der Waals surface area contributed by atoms with Crippen LogP contribution in [-0.2, 0) is 6.42 Å². The minimum atomic E-state index is 0.195. The molecule has 0 spiro atoms. The predicted molar refractivity (Wildman–Crippen MR) is 87.6 cm³/mol. The highest BCUT2D eigenvalue weighted by atomic mass is 32.1. The van der Waals surface area contributed by atoms with E-state index in [4.69, 9.17) is 0 Å². The Bertz CT molecular complexity index is 680. The lowest BCUT2D eigenvalue weighted by molar-refractivity contribution is 0.773. The summed E-state index contributed by atoms with van der Waals surface area (Å²) in [5.74, 6) is 0.814. The molecule has 0 fully saturated rings. The van der Waals surface area contributed by atoms with Gasteiger partial charge >= 0.3 is 0 Å². The summed E-state index contributed by atoms with van der Waals surface area (Å²) in [7, 11) is 0. The van der Waals surface area contributed by atoms with Crippen molar-refractivity contribution in [2.45, 2.75) is 19.4 Å². The van der Waals surface area contributed by atoms with E-state index in [1.165, 1.54) is 22.7 Å². The van der Waals surface area contributed by atoms with Crippen molar-refractivity contribution < 1.29 is 0 Å². The van der Waals surface area contributed by atoms with Crippen LogP contribution in [0.1, 0.15) is 23.0 Å². The van der Waals surface area contributed by atoms with Gasteiger partial charge in [-0.1, -0.05) is 60.7 Å². The molecule has 3 nitrogen and oxygen atoms in total. The number of rotatable bonds is 5. The number of benzene rings is 2. The van der Waals surface area contributed by atoms with Crippen LogP contribution in [0.3, 0.4) is 0 Å². The van der Waals surface area contributed by atoms with Gasteiger partial charge in [0.05, 0.1) is 6.04 Å². The van der Waals surface area contributed by atoms with Crippen LogP contribution in [0.4, 0.5) is 5.13 Å². The SMILES string of the molecule is Cc1nsc(NC(Cc2ccccc2)c2ccccc2)n1. The maximum absolute atomic E-state index is 4.41. The third-order valence-corrected chi connectivity index (χ3v) is 4.05. The number of nitrogens with zero attached hydrogens (tertiary/aromatic N) is 2. The van der Waals surface area contributed by atoms with Gasteiger partial charge in [-0.25, -0.2) is 4.98 Å². The van der Waals surface area contributed by atoms with Crippen LogP contribution in [0.2, 0.25) is 0 Å². The summed E-state index contributed by atoms with van der Waals surface area (Å²) >= 11 is 1.41. The molecule has 0 aliphatic carbocycles. The molecule has 0 aliphatic rings. The van der Waals surface area contributed by atoms with Crippen molar-refractivity contribution in [3.63, 3.8) is 0 Å². The van der Waals surface area contributed by atoms with Gasteiger partial charge in [0, 0.05) is 11.5 Å². The first-order valence-electron chi connectivity index (χ1n) is 6.97. The van der Waals surface area contributed by atoms with E-state index in [2.05, 4.69) is 63.2 Å². The van der Waals surface area contributed by atoms with Gasteiger partial charge in [-0.3, -0.25) is 0 Å². The third-order valence-electron chi connectivity index (χ3n) is 3.31. The number of aryl methyl sites for hydroxylation is 1. The monoisotopic (exact) mass is 295 g/mol. The standard InChI is InChI=1S/C17H17N3S/c1-13-18-17(21-20-13)19-16(15-10-6-3-7-11-15)12-14-8-4-2-5-9-14/h2-11,16H,12H2,1H3,(H,18,19,20). The Balaban J connectivity index is 1.84. The number of nitrogens with one attached hydrogen (secondary N) is 1. The summed E-state index contributed by atoms with van der Waals surface area (Å²) in [5, 5.41) is 4.38. The second-order valence-corrected chi connectivity index (χ2v) is 5.70. The molecule has 21 heavy (non-hydrogen) atoms. The quantitative estimate of drug-likeness (QED) is 0.765.